The number of nitrogens with one attached hydrogen (secondary N) is 1. The highest BCUT2D eigenvalue weighted by atomic mass is 16.3. The topological polar surface area (TPSA) is 124 Å². The van der Waals surface area contributed by atoms with E-state index in [0.717, 1.165) is 70.2 Å². The molecule has 0 bridgehead atoms. The van der Waals surface area contributed by atoms with Gasteiger partial charge in [0, 0.05) is 50.3 Å². The van der Waals surface area contributed by atoms with Crippen LogP contribution in [0.3, 0.4) is 0 Å². The van der Waals surface area contributed by atoms with Gasteiger partial charge in [-0.2, -0.15) is 0 Å². The first-order valence-corrected chi connectivity index (χ1v) is 14.2. The number of carbonyl (C=O) groups excluding carboxylic acids is 2. The first kappa shape index (κ1) is 26.6. The molecule has 0 radical (unpaired) electrons. The van der Waals surface area contributed by atoms with Gasteiger partial charge in [0.1, 0.15) is 12.1 Å². The average Bonchev–Trinajstić information content (AvgIpc) is 3.46. The predicted molar refractivity (Wildman–Crippen MR) is 138 cm³/mol. The Labute approximate surface area is 219 Å². The summed E-state index contributed by atoms with van der Waals surface area (Å²) in [6.45, 7) is 7.83. The van der Waals surface area contributed by atoms with E-state index in [2.05, 4.69) is 20.5 Å². The van der Waals surface area contributed by atoms with E-state index in [-0.39, 0.29) is 43.0 Å². The van der Waals surface area contributed by atoms with Crippen LogP contribution >= 0.6 is 0 Å². The fourth-order valence-electron chi connectivity index (χ4n) is 6.52. The summed E-state index contributed by atoms with van der Waals surface area (Å²) in [4.78, 5) is 31.3. The molecular formula is C27H44N6O4. The minimum atomic E-state index is -0.729. The maximum Gasteiger partial charge on any atom is 0.248 e. The van der Waals surface area contributed by atoms with Crippen LogP contribution < -0.4 is 5.32 Å². The third-order valence-corrected chi connectivity index (χ3v) is 8.75. The van der Waals surface area contributed by atoms with Crippen molar-refractivity contribution < 1.29 is 19.8 Å². The summed E-state index contributed by atoms with van der Waals surface area (Å²) in [6, 6.07) is -1.04. The summed E-state index contributed by atoms with van der Waals surface area (Å²) >= 11 is 0. The lowest BCUT2D eigenvalue weighted by Crippen LogP contribution is -2.55. The van der Waals surface area contributed by atoms with Gasteiger partial charge >= 0.3 is 0 Å². The number of piperidine rings is 1. The molecule has 4 fully saturated rings. The summed E-state index contributed by atoms with van der Waals surface area (Å²) < 4.78 is 1.66. The van der Waals surface area contributed by atoms with Crippen molar-refractivity contribution in [3.63, 3.8) is 0 Å². The van der Waals surface area contributed by atoms with Crippen LogP contribution in [0.5, 0.6) is 0 Å². The number of rotatable bonds is 6. The number of carbonyl (C=O) groups is 2. The molecule has 0 spiro atoms. The Balaban J connectivity index is 1.23. The van der Waals surface area contributed by atoms with Gasteiger partial charge in [0.2, 0.25) is 11.8 Å². The van der Waals surface area contributed by atoms with Crippen molar-refractivity contribution in [2.45, 2.75) is 121 Å². The van der Waals surface area contributed by atoms with Crippen molar-refractivity contribution in [1.82, 2.24) is 30.1 Å². The molecule has 2 aliphatic carbocycles. The summed E-state index contributed by atoms with van der Waals surface area (Å²) in [5, 5.41) is 32.7. The van der Waals surface area contributed by atoms with E-state index in [9.17, 15) is 19.8 Å². The van der Waals surface area contributed by atoms with Gasteiger partial charge in [0.25, 0.3) is 0 Å². The molecule has 0 aromatic carbocycles. The molecule has 2 saturated carbocycles. The molecule has 2 amide bonds. The minimum Gasteiger partial charge on any atom is -0.391 e. The van der Waals surface area contributed by atoms with E-state index in [1.54, 1.807) is 9.58 Å². The molecule has 3 heterocycles. The number of β-amino-alcohol motifs (C(OH)–C–C–N with tert-alkyl or cyclic N) is 1. The fraction of sp³-hybridized carbons (Fsp3) is 0.852. The maximum atomic E-state index is 13.9. The second-order valence-electron chi connectivity index (χ2n) is 12.8. The smallest absolute Gasteiger partial charge is 0.248 e. The number of aromatic nitrogens is 3. The molecule has 10 nitrogen and oxygen atoms in total. The zero-order valence-electron chi connectivity index (χ0n) is 22.6. The quantitative estimate of drug-likeness (QED) is 0.525. The zero-order valence-corrected chi connectivity index (χ0v) is 22.6. The molecule has 206 valence electrons. The van der Waals surface area contributed by atoms with Crippen LogP contribution in [-0.4, -0.2) is 96.8 Å². The van der Waals surface area contributed by atoms with E-state index in [1.165, 1.54) is 0 Å². The van der Waals surface area contributed by atoms with Crippen LogP contribution in [0.25, 0.3) is 0 Å². The Morgan fingerprint density at radius 1 is 1.05 bits per heavy atom. The van der Waals surface area contributed by atoms with E-state index in [4.69, 9.17) is 0 Å². The summed E-state index contributed by atoms with van der Waals surface area (Å²) in [5.74, 6) is 0.0490. The molecule has 5 rings (SSSR count). The molecule has 2 saturated heterocycles. The molecule has 1 aromatic rings. The Morgan fingerprint density at radius 3 is 2.41 bits per heavy atom. The first-order valence-electron chi connectivity index (χ1n) is 14.2. The predicted octanol–water partition coefficient (Wildman–Crippen LogP) is 1.59. The van der Waals surface area contributed by atoms with E-state index >= 15 is 0 Å². The van der Waals surface area contributed by atoms with Crippen LogP contribution in [0.2, 0.25) is 0 Å². The van der Waals surface area contributed by atoms with Gasteiger partial charge < -0.3 is 20.4 Å². The van der Waals surface area contributed by atoms with E-state index in [0.29, 0.717) is 5.92 Å². The van der Waals surface area contributed by atoms with Crippen molar-refractivity contribution in [3.8, 4) is 0 Å². The van der Waals surface area contributed by atoms with Gasteiger partial charge in [-0.1, -0.05) is 38.8 Å². The minimum absolute atomic E-state index is 0.0361. The third-order valence-electron chi connectivity index (χ3n) is 8.75. The van der Waals surface area contributed by atoms with Crippen LogP contribution in [0.1, 0.15) is 96.2 Å². The van der Waals surface area contributed by atoms with Crippen LogP contribution in [0.4, 0.5) is 0 Å². The van der Waals surface area contributed by atoms with Crippen molar-refractivity contribution in [1.29, 1.82) is 0 Å². The van der Waals surface area contributed by atoms with Gasteiger partial charge in [-0.05, 0) is 43.9 Å². The van der Waals surface area contributed by atoms with Gasteiger partial charge in [-0.25, -0.2) is 4.68 Å². The highest BCUT2D eigenvalue weighted by Gasteiger charge is 2.46. The number of nitrogens with zero attached hydrogens (tertiary/aromatic N) is 5. The molecule has 4 aliphatic rings. The molecule has 2 unspecified atom stereocenters. The largest absolute Gasteiger partial charge is 0.391 e. The molecule has 37 heavy (non-hydrogen) atoms. The van der Waals surface area contributed by atoms with Crippen molar-refractivity contribution in [2.24, 2.45) is 5.41 Å². The van der Waals surface area contributed by atoms with Crippen molar-refractivity contribution >= 4 is 11.8 Å². The molecule has 10 heteroatoms. The number of hydrogen-bond donors (Lipinski definition) is 3. The maximum absolute atomic E-state index is 13.9. The second kappa shape index (κ2) is 10.6. The number of likely N-dealkylation sites (tertiary alicyclic amines) is 2. The fourth-order valence-corrected chi connectivity index (χ4v) is 6.52. The van der Waals surface area contributed by atoms with E-state index in [1.807, 2.05) is 27.0 Å². The lowest BCUT2D eigenvalue weighted by molar-refractivity contribution is -0.144. The second-order valence-corrected chi connectivity index (χ2v) is 12.8. The molecule has 2 aliphatic heterocycles. The van der Waals surface area contributed by atoms with Crippen molar-refractivity contribution in [2.75, 3.05) is 19.6 Å². The Bertz CT molecular complexity index is 964. The van der Waals surface area contributed by atoms with Gasteiger partial charge in [0.05, 0.1) is 17.9 Å². The lowest BCUT2D eigenvalue weighted by Gasteiger charge is -2.42. The molecule has 5 atom stereocenters. The number of hydrogen-bond acceptors (Lipinski definition) is 7. The molecule has 1 aromatic heterocycles. The SMILES string of the molecule is CC(C)(C)[C@H](C(=O)N1C[C@H](O)C[C@H]1C(=O)NC1CCN(C2CCCCC2O)CC1)n1cc(C2CC2)nn1. The highest BCUT2D eigenvalue weighted by molar-refractivity contribution is 5.90. The Morgan fingerprint density at radius 2 is 1.76 bits per heavy atom. The Hall–Kier alpha value is -2.04. The van der Waals surface area contributed by atoms with Gasteiger partial charge in [-0.3, -0.25) is 14.5 Å². The van der Waals surface area contributed by atoms with Gasteiger partial charge in [-0.15, -0.1) is 5.10 Å². The number of aliphatic hydroxyl groups is 2. The number of amides is 2. The summed E-state index contributed by atoms with van der Waals surface area (Å²) in [7, 11) is 0. The molecule has 3 N–H and O–H groups in total. The zero-order chi connectivity index (χ0) is 26.3. The van der Waals surface area contributed by atoms with Gasteiger partial charge in [0.15, 0.2) is 0 Å². The lowest BCUT2D eigenvalue weighted by atomic mass is 9.85. The summed E-state index contributed by atoms with van der Waals surface area (Å²) in [5.41, 5.74) is 0.473. The van der Waals surface area contributed by atoms with Crippen molar-refractivity contribution in [3.05, 3.63) is 11.9 Å². The van der Waals surface area contributed by atoms with Crippen LogP contribution in [0.15, 0.2) is 6.20 Å². The van der Waals surface area contributed by atoms with E-state index < -0.39 is 23.6 Å². The third kappa shape index (κ3) is 5.86. The summed E-state index contributed by atoms with van der Waals surface area (Å²) in [6.07, 6.45) is 9.18. The molecular weight excluding hydrogens is 472 g/mol. The monoisotopic (exact) mass is 516 g/mol. The normalized spacial score (nSPS) is 30.9. The highest BCUT2D eigenvalue weighted by Crippen LogP contribution is 2.40. The average molecular weight is 517 g/mol. The first-order chi connectivity index (χ1) is 17.6. The number of aliphatic hydroxyl groups excluding tert-OH is 2. The van der Waals surface area contributed by atoms with Crippen LogP contribution in [0, 0.1) is 5.41 Å². The standard InChI is InChI=1S/C27H44N6O4/c1-27(2,3)24(33-16-20(29-30-33)17-8-9-17)26(37)32-15-19(34)14-22(32)25(36)28-18-10-12-31(13-11-18)21-6-4-5-7-23(21)35/h16-19,21-24,34-35H,4-15H2,1-3H3,(H,28,36)/t19-,21?,22+,23?,24+/m1/s1. The van der Waals surface area contributed by atoms with Crippen LogP contribution in [-0.2, 0) is 9.59 Å². The Kier molecular flexibility index (Phi) is 7.62.